The van der Waals surface area contributed by atoms with Crippen molar-refractivity contribution in [2.75, 3.05) is 18.4 Å². The van der Waals surface area contributed by atoms with Crippen LogP contribution >= 0.6 is 12.4 Å². The molecule has 0 saturated carbocycles. The number of hydrogen-bond acceptors (Lipinski definition) is 6. The van der Waals surface area contributed by atoms with Gasteiger partial charge < -0.3 is 14.4 Å². The fraction of sp³-hybridized carbons (Fsp3) is 0.348. The molecule has 1 saturated heterocycles. The zero-order chi connectivity index (χ0) is 23.0. The van der Waals surface area contributed by atoms with Crippen molar-refractivity contribution in [3.8, 4) is 11.4 Å². The van der Waals surface area contributed by atoms with E-state index in [0.717, 1.165) is 32.5 Å². The van der Waals surface area contributed by atoms with Crippen molar-refractivity contribution < 1.29 is 17.7 Å². The number of para-hydroxylation sites is 1. The van der Waals surface area contributed by atoms with Gasteiger partial charge in [-0.05, 0) is 36.6 Å². The van der Waals surface area contributed by atoms with Gasteiger partial charge >= 0.3 is 12.1 Å². The Bertz CT molecular complexity index is 1250. The molecule has 1 N–H and O–H groups in total. The minimum Gasteiger partial charge on any atom is -0.367 e. The van der Waals surface area contributed by atoms with E-state index in [0.29, 0.717) is 11.4 Å². The number of rotatable bonds is 5. The predicted molar refractivity (Wildman–Crippen MR) is 125 cm³/mol. The quantitative estimate of drug-likeness (QED) is 0.416. The number of aromatic nitrogens is 4. The average molecular weight is 493 g/mol. The molecule has 0 amide bonds. The fourth-order valence-corrected chi connectivity index (χ4v) is 4.30. The van der Waals surface area contributed by atoms with Crippen LogP contribution in [0.1, 0.15) is 24.3 Å². The third-order valence-electron chi connectivity index (χ3n) is 6.00. The summed E-state index contributed by atoms with van der Waals surface area (Å²) >= 11 is 0. The van der Waals surface area contributed by atoms with Crippen molar-refractivity contribution in [2.24, 2.45) is 7.05 Å². The lowest BCUT2D eigenvalue weighted by Gasteiger charge is -2.32. The Balaban J connectivity index is 0.00000274. The lowest BCUT2D eigenvalue weighted by molar-refractivity contribution is -0.159. The van der Waals surface area contributed by atoms with E-state index in [-0.39, 0.29) is 24.3 Å². The Morgan fingerprint density at radius 1 is 1.12 bits per heavy atom. The van der Waals surface area contributed by atoms with Gasteiger partial charge in [0.25, 0.3) is 0 Å². The van der Waals surface area contributed by atoms with Crippen LogP contribution in [0.4, 0.5) is 19.0 Å². The first-order valence-corrected chi connectivity index (χ1v) is 10.8. The molecular weight excluding hydrogens is 469 g/mol. The zero-order valence-corrected chi connectivity index (χ0v) is 19.2. The largest absolute Gasteiger partial charge is 0.471 e. The second-order valence-corrected chi connectivity index (χ2v) is 8.33. The first kappa shape index (κ1) is 24.0. The topological polar surface area (TPSA) is 72.0 Å². The number of anilines is 1. The number of halogens is 4. The number of nitrogens with zero attached hydrogens (tertiary/aromatic N) is 5. The Morgan fingerprint density at radius 2 is 1.88 bits per heavy atom. The summed E-state index contributed by atoms with van der Waals surface area (Å²) in [5.74, 6) is -0.830. The maximum Gasteiger partial charge on any atom is 0.471 e. The number of hydrogen-bond donors (Lipinski definition) is 1. The first-order chi connectivity index (χ1) is 15.9. The van der Waals surface area contributed by atoms with E-state index < -0.39 is 12.1 Å². The summed E-state index contributed by atoms with van der Waals surface area (Å²) in [4.78, 5) is 10.2. The van der Waals surface area contributed by atoms with E-state index in [1.54, 1.807) is 12.1 Å². The molecule has 4 aromatic rings. The van der Waals surface area contributed by atoms with Crippen LogP contribution < -0.4 is 5.32 Å². The lowest BCUT2D eigenvalue weighted by Crippen LogP contribution is -2.38. The summed E-state index contributed by atoms with van der Waals surface area (Å²) in [6.07, 6.45) is 0.954. The van der Waals surface area contributed by atoms with Crippen molar-refractivity contribution in [1.82, 2.24) is 24.6 Å². The van der Waals surface area contributed by atoms with Crippen LogP contribution in [0.5, 0.6) is 0 Å². The van der Waals surface area contributed by atoms with Crippen LogP contribution in [0.15, 0.2) is 53.3 Å². The molecule has 0 unspecified atom stereocenters. The number of pyridine rings is 1. The summed E-state index contributed by atoms with van der Waals surface area (Å²) in [5, 5.41) is 8.11. The Hall–Kier alpha value is -3.11. The zero-order valence-electron chi connectivity index (χ0n) is 18.4. The molecule has 1 aliphatic rings. The van der Waals surface area contributed by atoms with Gasteiger partial charge in [0.2, 0.25) is 5.82 Å². The number of benzene rings is 1. The molecule has 4 heterocycles. The number of fused-ring (bicyclic) bond motifs is 1. The SMILES string of the molecule is Cl.Cn1cc(CN2CCC(Nc3ccc(-c4noc(C(F)(F)F)n4)cn3)CC2)c2ccccc21. The highest BCUT2D eigenvalue weighted by Gasteiger charge is 2.38. The number of nitrogens with one attached hydrogen (secondary N) is 1. The van der Waals surface area contributed by atoms with Gasteiger partial charge in [0, 0.05) is 61.6 Å². The lowest BCUT2D eigenvalue weighted by atomic mass is 10.0. The van der Waals surface area contributed by atoms with E-state index in [1.165, 1.54) is 22.7 Å². The van der Waals surface area contributed by atoms with Crippen molar-refractivity contribution in [1.29, 1.82) is 0 Å². The average Bonchev–Trinajstić information content (AvgIpc) is 3.42. The maximum atomic E-state index is 12.6. The molecular formula is C23H24ClF3N6O. The van der Waals surface area contributed by atoms with Crippen LogP contribution in [-0.2, 0) is 19.8 Å². The van der Waals surface area contributed by atoms with Gasteiger partial charge in [0.05, 0.1) is 0 Å². The summed E-state index contributed by atoms with van der Waals surface area (Å²) in [6, 6.07) is 12.1. The molecule has 11 heteroatoms. The monoisotopic (exact) mass is 492 g/mol. The number of aryl methyl sites for hydroxylation is 1. The summed E-state index contributed by atoms with van der Waals surface area (Å²) in [6.45, 7) is 2.87. The predicted octanol–water partition coefficient (Wildman–Crippen LogP) is 5.14. The highest BCUT2D eigenvalue weighted by Crippen LogP contribution is 2.29. The van der Waals surface area contributed by atoms with Crippen LogP contribution in [0.2, 0.25) is 0 Å². The molecule has 1 aromatic carbocycles. The van der Waals surface area contributed by atoms with Crippen LogP contribution in [-0.4, -0.2) is 43.7 Å². The van der Waals surface area contributed by atoms with Gasteiger partial charge in [-0.25, -0.2) is 4.98 Å². The third-order valence-corrected chi connectivity index (χ3v) is 6.00. The summed E-state index contributed by atoms with van der Waals surface area (Å²) in [7, 11) is 2.08. The molecule has 0 spiro atoms. The van der Waals surface area contributed by atoms with E-state index in [9.17, 15) is 13.2 Å². The molecule has 3 aromatic heterocycles. The standard InChI is InChI=1S/C23H23F3N6O.ClH/c1-31-13-16(18-4-2-3-5-19(18)31)14-32-10-8-17(9-11-32)28-20-7-6-15(12-27-20)21-29-22(33-30-21)23(24,25)26;/h2-7,12-13,17H,8-11,14H2,1H3,(H,27,28);1H. The minimum atomic E-state index is -4.66. The second kappa shape index (κ2) is 9.63. The molecule has 34 heavy (non-hydrogen) atoms. The molecule has 1 fully saturated rings. The van der Waals surface area contributed by atoms with Crippen LogP contribution in [0, 0.1) is 0 Å². The van der Waals surface area contributed by atoms with Crippen molar-refractivity contribution in [3.63, 3.8) is 0 Å². The van der Waals surface area contributed by atoms with Gasteiger partial charge in [-0.1, -0.05) is 23.4 Å². The minimum absolute atomic E-state index is 0. The van der Waals surface area contributed by atoms with Crippen molar-refractivity contribution in [3.05, 3.63) is 60.2 Å². The first-order valence-electron chi connectivity index (χ1n) is 10.8. The van der Waals surface area contributed by atoms with Gasteiger partial charge in [0.15, 0.2) is 0 Å². The molecule has 5 rings (SSSR count). The Labute approximate surface area is 200 Å². The highest BCUT2D eigenvalue weighted by atomic mass is 35.5. The normalized spacial score (nSPS) is 15.4. The molecule has 0 bridgehead atoms. The maximum absolute atomic E-state index is 12.6. The Kier molecular flexibility index (Phi) is 6.81. The third kappa shape index (κ3) is 5.02. The molecule has 7 nitrogen and oxygen atoms in total. The molecule has 0 aliphatic carbocycles. The molecule has 180 valence electrons. The second-order valence-electron chi connectivity index (χ2n) is 8.33. The van der Waals surface area contributed by atoms with Gasteiger partial charge in [0.1, 0.15) is 5.82 Å². The molecule has 0 atom stereocenters. The van der Waals surface area contributed by atoms with E-state index in [1.807, 2.05) is 0 Å². The molecule has 0 radical (unpaired) electrons. The number of piperidine rings is 1. The summed E-state index contributed by atoms with van der Waals surface area (Å²) < 4.78 is 44.4. The van der Waals surface area contributed by atoms with Gasteiger partial charge in [-0.15, -0.1) is 12.4 Å². The fourth-order valence-electron chi connectivity index (χ4n) is 4.30. The number of alkyl halides is 3. The van der Waals surface area contributed by atoms with E-state index in [4.69, 9.17) is 0 Å². The van der Waals surface area contributed by atoms with E-state index >= 15 is 0 Å². The number of likely N-dealkylation sites (tertiary alicyclic amines) is 1. The van der Waals surface area contributed by atoms with Crippen molar-refractivity contribution in [2.45, 2.75) is 31.6 Å². The summed E-state index contributed by atoms with van der Waals surface area (Å²) in [5.41, 5.74) is 2.95. The van der Waals surface area contributed by atoms with Crippen LogP contribution in [0.25, 0.3) is 22.3 Å². The highest BCUT2D eigenvalue weighted by molar-refractivity contribution is 5.85. The Morgan fingerprint density at radius 3 is 2.56 bits per heavy atom. The van der Waals surface area contributed by atoms with Gasteiger partial charge in [-0.3, -0.25) is 4.90 Å². The van der Waals surface area contributed by atoms with Crippen molar-refractivity contribution >= 4 is 29.1 Å². The smallest absolute Gasteiger partial charge is 0.367 e. The van der Waals surface area contributed by atoms with Crippen LogP contribution in [0.3, 0.4) is 0 Å². The van der Waals surface area contributed by atoms with E-state index in [2.05, 4.69) is 71.9 Å². The molecule has 1 aliphatic heterocycles. The van der Waals surface area contributed by atoms with Gasteiger partial charge in [-0.2, -0.15) is 18.2 Å².